The first kappa shape index (κ1) is 29.3. The molecule has 2 heterocycles. The van der Waals surface area contributed by atoms with Crippen molar-refractivity contribution in [2.75, 3.05) is 26.4 Å². The van der Waals surface area contributed by atoms with Gasteiger partial charge in [0.1, 0.15) is 73.8 Å². The number of hydrogen-bond donors (Lipinski definition) is 11. The van der Waals surface area contributed by atoms with Gasteiger partial charge in [-0.15, -0.1) is 0 Å². The number of hydrogen-bond acceptors (Lipinski definition) is 16. The molecular formula is C18H32O16. The lowest BCUT2D eigenvalue weighted by molar-refractivity contribution is -0.306. The molecule has 34 heavy (non-hydrogen) atoms. The van der Waals surface area contributed by atoms with Crippen molar-refractivity contribution < 1.29 is 79.9 Å². The van der Waals surface area contributed by atoms with Gasteiger partial charge in [-0.05, 0) is 0 Å². The Hall–Kier alpha value is -0.930. The molecule has 2 aliphatic heterocycles. The van der Waals surface area contributed by atoms with E-state index < -0.39 is 112 Å². The van der Waals surface area contributed by atoms with Gasteiger partial charge in [0.05, 0.1) is 19.8 Å². The molecule has 0 unspecified atom stereocenters. The van der Waals surface area contributed by atoms with Crippen LogP contribution in [0.5, 0.6) is 0 Å². The zero-order valence-electron chi connectivity index (χ0n) is 17.8. The van der Waals surface area contributed by atoms with Crippen LogP contribution in [0.2, 0.25) is 0 Å². The van der Waals surface area contributed by atoms with E-state index in [1.807, 2.05) is 0 Å². The van der Waals surface area contributed by atoms with Crippen molar-refractivity contribution in [2.24, 2.45) is 0 Å². The van der Waals surface area contributed by atoms with E-state index in [0.29, 0.717) is 0 Å². The molecule has 0 amide bonds. The van der Waals surface area contributed by atoms with Crippen LogP contribution in [0.15, 0.2) is 0 Å². The van der Waals surface area contributed by atoms with Crippen molar-refractivity contribution in [1.29, 1.82) is 0 Å². The van der Waals surface area contributed by atoms with Gasteiger partial charge in [-0.2, -0.15) is 0 Å². The average molecular weight is 504 g/mol. The highest BCUT2D eigenvalue weighted by molar-refractivity contribution is 5.84. The maximum atomic E-state index is 12.1. The fourth-order valence-corrected chi connectivity index (χ4v) is 3.35. The normalized spacial score (nSPS) is 41.6. The molecule has 2 saturated heterocycles. The molecule has 0 saturated carbocycles. The summed E-state index contributed by atoms with van der Waals surface area (Å²) in [6, 6.07) is 0. The van der Waals surface area contributed by atoms with Gasteiger partial charge in [0.2, 0.25) is 0 Å². The zero-order chi connectivity index (χ0) is 25.7. The second kappa shape index (κ2) is 12.9. The van der Waals surface area contributed by atoms with Crippen molar-refractivity contribution in [2.45, 2.75) is 79.7 Å². The molecule has 0 aromatic carbocycles. The minimum Gasteiger partial charge on any atom is -0.394 e. The van der Waals surface area contributed by atoms with Gasteiger partial charge in [0.25, 0.3) is 0 Å². The number of rotatable bonds is 11. The largest absolute Gasteiger partial charge is 0.394 e. The van der Waals surface area contributed by atoms with Crippen LogP contribution in [0.1, 0.15) is 0 Å². The Morgan fingerprint density at radius 3 is 1.59 bits per heavy atom. The summed E-state index contributed by atoms with van der Waals surface area (Å²) in [5.41, 5.74) is 0. The molecule has 0 aromatic heterocycles. The van der Waals surface area contributed by atoms with Crippen LogP contribution in [0.25, 0.3) is 0 Å². The Morgan fingerprint density at radius 2 is 1.15 bits per heavy atom. The molecule has 200 valence electrons. The third-order valence-electron chi connectivity index (χ3n) is 5.57. The van der Waals surface area contributed by atoms with E-state index in [-0.39, 0.29) is 0 Å². The molecule has 11 N–H and O–H groups in total. The highest BCUT2D eigenvalue weighted by Gasteiger charge is 2.46. The summed E-state index contributed by atoms with van der Waals surface area (Å²) >= 11 is 0. The summed E-state index contributed by atoms with van der Waals surface area (Å²) in [5, 5.41) is 107. The molecule has 0 spiro atoms. The summed E-state index contributed by atoms with van der Waals surface area (Å²) in [6.07, 6.45) is -22.5. The van der Waals surface area contributed by atoms with Crippen LogP contribution in [-0.2, 0) is 23.7 Å². The molecule has 2 fully saturated rings. The first-order valence-electron chi connectivity index (χ1n) is 10.4. The van der Waals surface area contributed by atoms with Gasteiger partial charge < -0.3 is 75.1 Å². The van der Waals surface area contributed by atoms with E-state index in [1.165, 1.54) is 0 Å². The molecule has 0 aromatic rings. The third-order valence-corrected chi connectivity index (χ3v) is 5.57. The first-order valence-corrected chi connectivity index (χ1v) is 10.4. The summed E-state index contributed by atoms with van der Waals surface area (Å²) in [5.74, 6) is -1.18. The molecule has 2 rings (SSSR count). The van der Waals surface area contributed by atoms with E-state index in [9.17, 15) is 50.8 Å². The van der Waals surface area contributed by atoms with Crippen LogP contribution in [0, 0.1) is 0 Å². The van der Waals surface area contributed by atoms with Gasteiger partial charge in [0.15, 0.2) is 18.4 Å². The van der Waals surface area contributed by atoms with E-state index >= 15 is 0 Å². The maximum absolute atomic E-state index is 12.1. The predicted octanol–water partition coefficient (Wildman–Crippen LogP) is -7.73. The molecule has 16 nitrogen and oxygen atoms in total. The average Bonchev–Trinajstić information content (AvgIpc) is 2.83. The lowest BCUT2D eigenvalue weighted by atomic mass is 9.99. The van der Waals surface area contributed by atoms with Gasteiger partial charge >= 0.3 is 0 Å². The van der Waals surface area contributed by atoms with E-state index in [1.54, 1.807) is 0 Å². The van der Waals surface area contributed by atoms with E-state index in [2.05, 4.69) is 0 Å². The molecule has 0 bridgehead atoms. The topological polar surface area (TPSA) is 277 Å². The zero-order valence-corrected chi connectivity index (χ0v) is 17.8. The van der Waals surface area contributed by atoms with Crippen molar-refractivity contribution in [3.63, 3.8) is 0 Å². The lowest BCUT2D eigenvalue weighted by Gasteiger charge is -2.40. The Balaban J connectivity index is 1.84. The predicted molar refractivity (Wildman–Crippen MR) is 102 cm³/mol. The molecule has 0 aliphatic carbocycles. The quantitative estimate of drug-likeness (QED) is 0.125. The number of carbonyl (C=O) groups excluding carboxylic acids is 1. The van der Waals surface area contributed by atoms with Crippen LogP contribution in [0.4, 0.5) is 0 Å². The van der Waals surface area contributed by atoms with Crippen LogP contribution in [0.3, 0.4) is 0 Å². The SMILES string of the molecule is O=C(CO[C@H]1O[C@H](CO)[C@@H](O)[C@H](O)[C@H]1O)[C@H](O)[C@@H](O)[C@H](O)CO[C@H]1O[C@H](CO)[C@@H](O)[C@H](O)[C@H]1O. The summed E-state index contributed by atoms with van der Waals surface area (Å²) in [4.78, 5) is 12.1. The first-order chi connectivity index (χ1) is 15.9. The summed E-state index contributed by atoms with van der Waals surface area (Å²) in [6.45, 7) is -3.25. The number of aliphatic hydroxyl groups is 11. The minimum atomic E-state index is -2.22. The van der Waals surface area contributed by atoms with Crippen molar-refractivity contribution in [3.8, 4) is 0 Å². The maximum Gasteiger partial charge on any atom is 0.189 e. The van der Waals surface area contributed by atoms with Crippen molar-refractivity contribution >= 4 is 5.78 Å². The van der Waals surface area contributed by atoms with Crippen molar-refractivity contribution in [1.82, 2.24) is 0 Å². The Kier molecular flexibility index (Phi) is 11.1. The van der Waals surface area contributed by atoms with Crippen LogP contribution in [-0.4, -0.2) is 168 Å². The number of carbonyl (C=O) groups is 1. The molecule has 16 heteroatoms. The Labute approximate surface area is 192 Å². The number of Topliss-reactive ketones (excluding diaryl/α,β-unsaturated/α-hetero) is 1. The molecule has 13 atom stereocenters. The summed E-state index contributed by atoms with van der Waals surface area (Å²) in [7, 11) is 0. The highest BCUT2D eigenvalue weighted by atomic mass is 16.7. The van der Waals surface area contributed by atoms with Crippen LogP contribution >= 0.6 is 0 Å². The fourth-order valence-electron chi connectivity index (χ4n) is 3.35. The lowest BCUT2D eigenvalue weighted by Crippen LogP contribution is -2.60. The Bertz CT molecular complexity index is 633. The van der Waals surface area contributed by atoms with Crippen molar-refractivity contribution in [3.05, 3.63) is 0 Å². The highest BCUT2D eigenvalue weighted by Crippen LogP contribution is 2.23. The van der Waals surface area contributed by atoms with E-state index in [0.717, 1.165) is 0 Å². The molecule has 0 radical (unpaired) electrons. The molecular weight excluding hydrogens is 472 g/mol. The number of aliphatic hydroxyl groups excluding tert-OH is 11. The fraction of sp³-hybridized carbons (Fsp3) is 0.944. The van der Waals surface area contributed by atoms with Gasteiger partial charge in [-0.3, -0.25) is 4.79 Å². The molecule has 2 aliphatic rings. The third kappa shape index (κ3) is 6.64. The standard InChI is InChI=1S/C18H32O16/c19-1-7-11(25)13(27)15(29)17(33-7)31-3-5(21)9(23)10(24)6(22)4-32-18-16(30)14(28)12(26)8(2-20)34-18/h5,7-21,23-30H,1-4H2/t5-,7-,8-,9+,10+,11-,12-,13+,14+,15-,16-,17+,18+/m1/s1. The van der Waals surface area contributed by atoms with E-state index in [4.69, 9.17) is 29.2 Å². The monoisotopic (exact) mass is 504 g/mol. The van der Waals surface area contributed by atoms with Crippen LogP contribution < -0.4 is 0 Å². The minimum absolute atomic E-state index is 0.725. The Morgan fingerprint density at radius 1 is 0.706 bits per heavy atom. The number of ether oxygens (including phenoxy) is 4. The van der Waals surface area contributed by atoms with Gasteiger partial charge in [-0.1, -0.05) is 0 Å². The smallest absolute Gasteiger partial charge is 0.189 e. The second-order valence-corrected chi connectivity index (χ2v) is 8.01. The summed E-state index contributed by atoms with van der Waals surface area (Å²) < 4.78 is 20.1. The van der Waals surface area contributed by atoms with Gasteiger partial charge in [-0.25, -0.2) is 0 Å². The van der Waals surface area contributed by atoms with Gasteiger partial charge in [0, 0.05) is 0 Å². The second-order valence-electron chi connectivity index (χ2n) is 8.01. The number of ketones is 1.